The molecule has 0 heterocycles. The van der Waals surface area contributed by atoms with Gasteiger partial charge in [-0.25, -0.2) is 0 Å². The van der Waals surface area contributed by atoms with Gasteiger partial charge in [-0.05, 0) is 25.0 Å². The predicted octanol–water partition coefficient (Wildman–Crippen LogP) is 2.59. The smallest absolute Gasteiger partial charge is 0.101 e. The van der Waals surface area contributed by atoms with Crippen LogP contribution in [0.15, 0.2) is 18.2 Å². The van der Waals surface area contributed by atoms with Crippen LogP contribution in [0.3, 0.4) is 0 Å². The van der Waals surface area contributed by atoms with Crippen molar-refractivity contribution in [2.24, 2.45) is 0 Å². The molecule has 0 N–H and O–H groups in total. The maximum Gasteiger partial charge on any atom is 0.101 e. The van der Waals surface area contributed by atoms with Gasteiger partial charge in [0, 0.05) is 0 Å². The van der Waals surface area contributed by atoms with Gasteiger partial charge in [-0.2, -0.15) is 5.26 Å². The summed E-state index contributed by atoms with van der Waals surface area (Å²) in [6, 6.07) is 7.39. The zero-order valence-corrected chi connectivity index (χ0v) is 6.73. The fourth-order valence-electron chi connectivity index (χ4n) is 0.859. The van der Waals surface area contributed by atoms with Crippen LogP contribution in [0, 0.1) is 18.3 Å². The number of rotatable bonds is 1. The third-order valence-corrected chi connectivity index (χ3v) is 1.91. The quantitative estimate of drug-likeness (QED) is 0.626. The van der Waals surface area contributed by atoms with E-state index in [-0.39, 0.29) is 0 Å². The summed E-state index contributed by atoms with van der Waals surface area (Å²) >= 11 is 5.85. The number of hydrogen-bond acceptors (Lipinski definition) is 1. The van der Waals surface area contributed by atoms with Gasteiger partial charge in [0.15, 0.2) is 0 Å². The van der Waals surface area contributed by atoms with Crippen molar-refractivity contribution in [3.8, 4) is 6.07 Å². The summed E-state index contributed by atoms with van der Waals surface area (Å²) in [5.41, 5.74) is 1.44. The Labute approximate surface area is 71.2 Å². The fourth-order valence-corrected chi connectivity index (χ4v) is 1.12. The van der Waals surface area contributed by atoms with Crippen LogP contribution in [0.5, 0.6) is 0 Å². The number of halogens is 1. The topological polar surface area (TPSA) is 23.8 Å². The highest BCUT2D eigenvalue weighted by molar-refractivity contribution is 6.32. The Bertz CT molecular complexity index is 299. The standard InChI is InChI=1S/C9H7ClN/c1-2-7-4-3-5-8(6-11)9(7)10/h3-5H,1-2H2. The molecule has 0 saturated heterocycles. The monoisotopic (exact) mass is 164 g/mol. The molecule has 1 radical (unpaired) electrons. The molecule has 0 fully saturated rings. The van der Waals surface area contributed by atoms with E-state index in [1.807, 2.05) is 18.2 Å². The normalized spacial score (nSPS) is 9.18. The number of hydrogen-bond donors (Lipinski definition) is 0. The minimum absolute atomic E-state index is 0.521. The van der Waals surface area contributed by atoms with Crippen molar-refractivity contribution < 1.29 is 0 Å². The highest BCUT2D eigenvalue weighted by Crippen LogP contribution is 2.20. The van der Waals surface area contributed by atoms with Gasteiger partial charge in [-0.1, -0.05) is 23.7 Å². The molecule has 0 aliphatic carbocycles. The third kappa shape index (κ3) is 1.53. The lowest BCUT2D eigenvalue weighted by Gasteiger charge is -2.00. The molecule has 0 aromatic heterocycles. The van der Waals surface area contributed by atoms with Crippen LogP contribution < -0.4 is 0 Å². The van der Waals surface area contributed by atoms with Crippen LogP contribution in [0.4, 0.5) is 0 Å². The molecule has 0 spiro atoms. The summed E-state index contributed by atoms with van der Waals surface area (Å²) in [5.74, 6) is 0. The highest BCUT2D eigenvalue weighted by atomic mass is 35.5. The first kappa shape index (κ1) is 8.10. The van der Waals surface area contributed by atoms with Crippen LogP contribution in [-0.4, -0.2) is 0 Å². The molecule has 0 bridgehead atoms. The fraction of sp³-hybridized carbons (Fsp3) is 0.111. The van der Waals surface area contributed by atoms with Crippen molar-refractivity contribution in [3.63, 3.8) is 0 Å². The molecule has 1 rings (SSSR count). The van der Waals surface area contributed by atoms with Gasteiger partial charge in [0.25, 0.3) is 0 Å². The number of nitriles is 1. The maximum atomic E-state index is 8.58. The lowest BCUT2D eigenvalue weighted by atomic mass is 10.1. The summed E-state index contributed by atoms with van der Waals surface area (Å²) in [5, 5.41) is 9.12. The lowest BCUT2D eigenvalue weighted by Crippen LogP contribution is -1.85. The first-order valence-electron chi connectivity index (χ1n) is 3.26. The SMILES string of the molecule is [CH2]Cc1cccc(C#N)c1Cl. The van der Waals surface area contributed by atoms with Crippen LogP contribution in [0.1, 0.15) is 11.1 Å². The molecule has 1 aromatic rings. The second kappa shape index (κ2) is 3.41. The van der Waals surface area contributed by atoms with Gasteiger partial charge in [-0.3, -0.25) is 0 Å². The maximum absolute atomic E-state index is 8.58. The van der Waals surface area contributed by atoms with Crippen LogP contribution in [-0.2, 0) is 6.42 Å². The first-order chi connectivity index (χ1) is 5.29. The molecule has 0 saturated carbocycles. The van der Waals surface area contributed by atoms with Gasteiger partial charge >= 0.3 is 0 Å². The van der Waals surface area contributed by atoms with Gasteiger partial charge in [0.2, 0.25) is 0 Å². The summed E-state index contributed by atoms with van der Waals surface area (Å²) in [6.45, 7) is 3.70. The molecular weight excluding hydrogens is 158 g/mol. The average Bonchev–Trinajstić information content (AvgIpc) is 2.05. The molecule has 11 heavy (non-hydrogen) atoms. The molecule has 55 valence electrons. The van der Waals surface area contributed by atoms with E-state index in [4.69, 9.17) is 16.9 Å². The summed E-state index contributed by atoms with van der Waals surface area (Å²) < 4.78 is 0. The van der Waals surface area contributed by atoms with E-state index in [0.29, 0.717) is 17.0 Å². The van der Waals surface area contributed by atoms with Crippen molar-refractivity contribution >= 4 is 11.6 Å². The molecule has 1 aromatic carbocycles. The van der Waals surface area contributed by atoms with Crippen LogP contribution >= 0.6 is 11.6 Å². The van der Waals surface area contributed by atoms with E-state index < -0.39 is 0 Å². The Balaban J connectivity index is 3.23. The largest absolute Gasteiger partial charge is 0.192 e. The highest BCUT2D eigenvalue weighted by Gasteiger charge is 2.01. The molecule has 2 heteroatoms. The molecule has 0 atom stereocenters. The van der Waals surface area contributed by atoms with Crippen LogP contribution in [0.25, 0.3) is 0 Å². The molecule has 0 amide bonds. The Morgan fingerprint density at radius 1 is 1.55 bits per heavy atom. The van der Waals surface area contributed by atoms with Crippen LogP contribution in [0.2, 0.25) is 5.02 Å². The van der Waals surface area contributed by atoms with E-state index in [1.165, 1.54) is 0 Å². The third-order valence-electron chi connectivity index (χ3n) is 1.47. The van der Waals surface area contributed by atoms with E-state index in [1.54, 1.807) is 6.07 Å². The van der Waals surface area contributed by atoms with E-state index in [2.05, 4.69) is 6.92 Å². The van der Waals surface area contributed by atoms with Crippen molar-refractivity contribution in [2.75, 3.05) is 0 Å². The molecule has 0 aliphatic heterocycles. The van der Waals surface area contributed by atoms with Crippen molar-refractivity contribution in [3.05, 3.63) is 41.3 Å². The van der Waals surface area contributed by atoms with Crippen molar-refractivity contribution in [1.29, 1.82) is 5.26 Å². The van der Waals surface area contributed by atoms with Gasteiger partial charge in [0.1, 0.15) is 6.07 Å². The van der Waals surface area contributed by atoms with Gasteiger partial charge < -0.3 is 0 Å². The average molecular weight is 165 g/mol. The second-order valence-corrected chi connectivity index (χ2v) is 2.52. The minimum Gasteiger partial charge on any atom is -0.192 e. The Morgan fingerprint density at radius 2 is 2.27 bits per heavy atom. The van der Waals surface area contributed by atoms with E-state index >= 15 is 0 Å². The number of benzene rings is 1. The summed E-state index contributed by atoms with van der Waals surface area (Å²) in [6.07, 6.45) is 0.619. The molecule has 1 nitrogen and oxygen atoms in total. The Hall–Kier alpha value is -1.00. The van der Waals surface area contributed by atoms with Gasteiger partial charge in [-0.15, -0.1) is 0 Å². The zero-order chi connectivity index (χ0) is 8.27. The zero-order valence-electron chi connectivity index (χ0n) is 5.97. The van der Waals surface area contributed by atoms with Crippen molar-refractivity contribution in [1.82, 2.24) is 0 Å². The molecule has 0 aliphatic rings. The van der Waals surface area contributed by atoms with E-state index in [9.17, 15) is 0 Å². The lowest BCUT2D eigenvalue weighted by molar-refractivity contribution is 1.26. The Morgan fingerprint density at radius 3 is 2.82 bits per heavy atom. The summed E-state index contributed by atoms with van der Waals surface area (Å²) in [4.78, 5) is 0. The second-order valence-electron chi connectivity index (χ2n) is 2.14. The molecular formula is C9H7ClN. The number of nitrogens with zero attached hydrogens (tertiary/aromatic N) is 1. The van der Waals surface area contributed by atoms with Crippen molar-refractivity contribution in [2.45, 2.75) is 6.42 Å². The summed E-state index contributed by atoms with van der Waals surface area (Å²) in [7, 11) is 0. The molecule has 0 unspecified atom stereocenters. The Kier molecular flexibility index (Phi) is 2.51. The van der Waals surface area contributed by atoms with Gasteiger partial charge in [0.05, 0.1) is 10.6 Å². The van der Waals surface area contributed by atoms with E-state index in [0.717, 1.165) is 5.56 Å². The minimum atomic E-state index is 0.521. The predicted molar refractivity (Wildman–Crippen MR) is 45.2 cm³/mol. The first-order valence-corrected chi connectivity index (χ1v) is 3.64.